The van der Waals surface area contributed by atoms with Crippen molar-refractivity contribution >= 4 is 12.0 Å². The molecule has 0 bridgehead atoms. The smallest absolute Gasteiger partial charge is 0.248 e. The van der Waals surface area contributed by atoms with Gasteiger partial charge in [0, 0.05) is 5.57 Å². The highest BCUT2D eigenvalue weighted by atomic mass is 16.1. The molecule has 0 heterocycles. The molecule has 0 aliphatic carbocycles. The zero-order valence-electron chi connectivity index (χ0n) is 7.23. The van der Waals surface area contributed by atoms with Crippen LogP contribution in [0.4, 0.5) is 0 Å². The van der Waals surface area contributed by atoms with Gasteiger partial charge in [-0.3, -0.25) is 4.79 Å². The van der Waals surface area contributed by atoms with Crippen molar-refractivity contribution in [2.24, 2.45) is 5.73 Å². The normalized spacial score (nSPS) is 10.2. The van der Waals surface area contributed by atoms with Crippen molar-refractivity contribution in [3.8, 4) is 0 Å². The van der Waals surface area contributed by atoms with Gasteiger partial charge in [-0.2, -0.15) is 0 Å². The molecule has 2 N–H and O–H groups in total. The second kappa shape index (κ2) is 4.26. The molecule has 1 aromatic rings. The van der Waals surface area contributed by atoms with Crippen LogP contribution >= 0.6 is 0 Å². The standard InChI is InChI=1S/C11H11NO/c1-9(11(12)13)7-8-10-5-3-2-4-6-10/h2-8H,1H2,(H2,12,13)/b8-7+. The zero-order valence-corrected chi connectivity index (χ0v) is 7.23. The predicted molar refractivity (Wildman–Crippen MR) is 53.8 cm³/mol. The Morgan fingerprint density at radius 1 is 1.31 bits per heavy atom. The Morgan fingerprint density at radius 3 is 2.46 bits per heavy atom. The van der Waals surface area contributed by atoms with Gasteiger partial charge >= 0.3 is 0 Å². The molecule has 1 amide bonds. The molecule has 0 spiro atoms. The van der Waals surface area contributed by atoms with E-state index in [9.17, 15) is 4.79 Å². The van der Waals surface area contributed by atoms with Crippen LogP contribution in [0.2, 0.25) is 0 Å². The molecule has 66 valence electrons. The Labute approximate surface area is 77.4 Å². The van der Waals surface area contributed by atoms with Crippen molar-refractivity contribution in [1.82, 2.24) is 0 Å². The third-order valence-corrected chi connectivity index (χ3v) is 1.59. The molecular weight excluding hydrogens is 162 g/mol. The zero-order chi connectivity index (χ0) is 9.68. The fourth-order valence-electron chi connectivity index (χ4n) is 0.843. The van der Waals surface area contributed by atoms with Crippen LogP contribution in [0.1, 0.15) is 5.56 Å². The average Bonchev–Trinajstić information content (AvgIpc) is 2.15. The number of hydrogen-bond acceptors (Lipinski definition) is 1. The van der Waals surface area contributed by atoms with Gasteiger partial charge in [0.1, 0.15) is 0 Å². The van der Waals surface area contributed by atoms with Gasteiger partial charge < -0.3 is 5.73 Å². The van der Waals surface area contributed by atoms with Crippen molar-refractivity contribution in [1.29, 1.82) is 0 Å². The number of amides is 1. The van der Waals surface area contributed by atoms with Gasteiger partial charge in [-0.1, -0.05) is 43.0 Å². The van der Waals surface area contributed by atoms with E-state index in [4.69, 9.17) is 5.73 Å². The molecule has 0 saturated heterocycles. The first-order valence-corrected chi connectivity index (χ1v) is 3.92. The van der Waals surface area contributed by atoms with Crippen LogP contribution in [0.3, 0.4) is 0 Å². The number of carbonyl (C=O) groups excluding carboxylic acids is 1. The molecule has 0 aliphatic rings. The van der Waals surface area contributed by atoms with Crippen molar-refractivity contribution in [2.75, 3.05) is 0 Å². The quantitative estimate of drug-likeness (QED) is 0.549. The Kier molecular flexibility index (Phi) is 3.03. The first-order chi connectivity index (χ1) is 6.20. The lowest BCUT2D eigenvalue weighted by atomic mass is 10.2. The molecule has 13 heavy (non-hydrogen) atoms. The number of rotatable bonds is 3. The average molecular weight is 173 g/mol. The van der Waals surface area contributed by atoms with Gasteiger partial charge in [-0.25, -0.2) is 0 Å². The van der Waals surface area contributed by atoms with E-state index in [1.54, 1.807) is 12.2 Å². The highest BCUT2D eigenvalue weighted by molar-refractivity contribution is 5.95. The largest absolute Gasteiger partial charge is 0.366 e. The van der Waals surface area contributed by atoms with Crippen LogP contribution in [0, 0.1) is 0 Å². The summed E-state index contributed by atoms with van der Waals surface area (Å²) in [6, 6.07) is 9.65. The number of primary amides is 1. The van der Waals surface area contributed by atoms with Crippen LogP contribution in [0.25, 0.3) is 6.08 Å². The van der Waals surface area contributed by atoms with Crippen molar-refractivity contribution in [3.05, 3.63) is 54.1 Å². The molecule has 2 nitrogen and oxygen atoms in total. The molecular formula is C11H11NO. The van der Waals surface area contributed by atoms with E-state index in [0.29, 0.717) is 5.57 Å². The lowest BCUT2D eigenvalue weighted by Crippen LogP contribution is -2.11. The number of hydrogen-bond donors (Lipinski definition) is 1. The Morgan fingerprint density at radius 2 is 1.92 bits per heavy atom. The molecule has 1 rings (SSSR count). The first kappa shape index (κ1) is 9.26. The molecule has 0 atom stereocenters. The summed E-state index contributed by atoms with van der Waals surface area (Å²) in [4.78, 5) is 10.6. The summed E-state index contributed by atoms with van der Waals surface area (Å²) < 4.78 is 0. The third-order valence-electron chi connectivity index (χ3n) is 1.59. The summed E-state index contributed by atoms with van der Waals surface area (Å²) in [5, 5.41) is 0. The van der Waals surface area contributed by atoms with E-state index in [0.717, 1.165) is 5.56 Å². The Balaban J connectivity index is 2.70. The van der Waals surface area contributed by atoms with Crippen LogP contribution in [0.5, 0.6) is 0 Å². The van der Waals surface area contributed by atoms with E-state index < -0.39 is 5.91 Å². The molecule has 0 aliphatic heterocycles. The predicted octanol–water partition coefficient (Wildman–Crippen LogP) is 1.74. The summed E-state index contributed by atoms with van der Waals surface area (Å²) in [5.74, 6) is -0.493. The van der Waals surface area contributed by atoms with E-state index in [1.807, 2.05) is 30.3 Å². The minimum Gasteiger partial charge on any atom is -0.366 e. The second-order valence-electron chi connectivity index (χ2n) is 2.63. The van der Waals surface area contributed by atoms with Gasteiger partial charge in [-0.05, 0) is 11.6 Å². The highest BCUT2D eigenvalue weighted by Gasteiger charge is 1.94. The highest BCUT2D eigenvalue weighted by Crippen LogP contribution is 2.03. The van der Waals surface area contributed by atoms with Crippen LogP contribution in [-0.2, 0) is 4.79 Å². The van der Waals surface area contributed by atoms with Gasteiger partial charge in [0.15, 0.2) is 0 Å². The van der Waals surface area contributed by atoms with Crippen molar-refractivity contribution in [2.45, 2.75) is 0 Å². The summed E-state index contributed by atoms with van der Waals surface area (Å²) in [5.41, 5.74) is 6.34. The second-order valence-corrected chi connectivity index (χ2v) is 2.63. The summed E-state index contributed by atoms with van der Waals surface area (Å²) >= 11 is 0. The maximum atomic E-state index is 10.6. The number of benzene rings is 1. The molecule has 1 aromatic carbocycles. The van der Waals surface area contributed by atoms with E-state index >= 15 is 0 Å². The summed E-state index contributed by atoms with van der Waals surface area (Å²) in [7, 11) is 0. The molecule has 0 aromatic heterocycles. The molecule has 0 saturated carbocycles. The fraction of sp³-hybridized carbons (Fsp3) is 0. The molecule has 0 unspecified atom stereocenters. The minimum absolute atomic E-state index is 0.309. The van der Waals surface area contributed by atoms with Crippen LogP contribution in [-0.4, -0.2) is 5.91 Å². The van der Waals surface area contributed by atoms with Crippen molar-refractivity contribution in [3.63, 3.8) is 0 Å². The fourth-order valence-corrected chi connectivity index (χ4v) is 0.843. The maximum absolute atomic E-state index is 10.6. The minimum atomic E-state index is -0.493. The van der Waals surface area contributed by atoms with E-state index in [-0.39, 0.29) is 0 Å². The van der Waals surface area contributed by atoms with Gasteiger partial charge in [0.2, 0.25) is 5.91 Å². The van der Waals surface area contributed by atoms with E-state index in [2.05, 4.69) is 6.58 Å². The van der Waals surface area contributed by atoms with Crippen LogP contribution < -0.4 is 5.73 Å². The Bertz CT molecular complexity index is 338. The van der Waals surface area contributed by atoms with Gasteiger partial charge in [0.05, 0.1) is 0 Å². The molecule has 0 radical (unpaired) electrons. The Hall–Kier alpha value is -1.83. The monoisotopic (exact) mass is 173 g/mol. The van der Waals surface area contributed by atoms with Gasteiger partial charge in [0.25, 0.3) is 0 Å². The van der Waals surface area contributed by atoms with Crippen LogP contribution in [0.15, 0.2) is 48.6 Å². The lowest BCUT2D eigenvalue weighted by Gasteiger charge is -1.92. The van der Waals surface area contributed by atoms with Gasteiger partial charge in [-0.15, -0.1) is 0 Å². The van der Waals surface area contributed by atoms with Crippen molar-refractivity contribution < 1.29 is 4.79 Å². The molecule has 0 fully saturated rings. The lowest BCUT2D eigenvalue weighted by molar-refractivity contribution is -0.114. The maximum Gasteiger partial charge on any atom is 0.248 e. The topological polar surface area (TPSA) is 43.1 Å². The number of nitrogens with two attached hydrogens (primary N) is 1. The SMILES string of the molecule is C=C(/C=C/c1ccccc1)C(N)=O. The number of carbonyl (C=O) groups is 1. The summed E-state index contributed by atoms with van der Waals surface area (Å²) in [6.45, 7) is 3.51. The van der Waals surface area contributed by atoms with E-state index in [1.165, 1.54) is 0 Å². The summed E-state index contributed by atoms with van der Waals surface area (Å²) in [6.07, 6.45) is 3.41. The third kappa shape index (κ3) is 2.95. The molecule has 2 heteroatoms. The first-order valence-electron chi connectivity index (χ1n) is 3.92.